The lowest BCUT2D eigenvalue weighted by Gasteiger charge is -2.31. The first-order valence-electron chi connectivity index (χ1n) is 9.96. The highest BCUT2D eigenvalue weighted by Crippen LogP contribution is 2.19. The van der Waals surface area contributed by atoms with Gasteiger partial charge in [0.15, 0.2) is 0 Å². The van der Waals surface area contributed by atoms with E-state index in [1.807, 2.05) is 39.8 Å². The molecule has 0 N–H and O–H groups in total. The number of benzene rings is 1. The average Bonchev–Trinajstić information content (AvgIpc) is 3.09. The molecule has 7 heteroatoms. The van der Waals surface area contributed by atoms with Crippen molar-refractivity contribution in [2.75, 3.05) is 26.8 Å². The van der Waals surface area contributed by atoms with Gasteiger partial charge in [0.25, 0.3) is 0 Å². The molecule has 0 spiro atoms. The monoisotopic (exact) mass is 418 g/mol. The molecule has 0 aliphatic heterocycles. The molecule has 6 nitrogen and oxygen atoms in total. The number of amides is 2. The summed E-state index contributed by atoms with van der Waals surface area (Å²) in [5, 5.41) is 0. The van der Waals surface area contributed by atoms with Crippen LogP contribution in [0.25, 0.3) is 0 Å². The summed E-state index contributed by atoms with van der Waals surface area (Å²) in [4.78, 5) is 29.2. The highest BCUT2D eigenvalue weighted by Gasteiger charge is 2.30. The Balaban J connectivity index is 2.21. The highest BCUT2D eigenvalue weighted by atomic mass is 19.1. The third kappa shape index (κ3) is 6.99. The average molecular weight is 419 g/mol. The van der Waals surface area contributed by atoms with Gasteiger partial charge in [-0.15, -0.1) is 0 Å². The van der Waals surface area contributed by atoms with Gasteiger partial charge < -0.3 is 19.0 Å². The van der Waals surface area contributed by atoms with Gasteiger partial charge in [0.1, 0.15) is 17.3 Å². The van der Waals surface area contributed by atoms with Gasteiger partial charge in [-0.2, -0.15) is 0 Å². The quantitative estimate of drug-likeness (QED) is 0.622. The Morgan fingerprint density at radius 1 is 1.03 bits per heavy atom. The maximum absolute atomic E-state index is 13.3. The molecule has 164 valence electrons. The number of hydrogen-bond acceptors (Lipinski definition) is 4. The van der Waals surface area contributed by atoms with Crippen LogP contribution in [-0.4, -0.2) is 48.4 Å². The summed E-state index contributed by atoms with van der Waals surface area (Å²) in [6, 6.07) is 9.68. The maximum Gasteiger partial charge on any atom is 0.242 e. The smallest absolute Gasteiger partial charge is 0.242 e. The van der Waals surface area contributed by atoms with E-state index in [-0.39, 0.29) is 37.3 Å². The molecule has 2 aromatic rings. The lowest BCUT2D eigenvalue weighted by molar-refractivity contribution is -0.146. The lowest BCUT2D eigenvalue weighted by atomic mass is 9.94. The van der Waals surface area contributed by atoms with Crippen molar-refractivity contribution in [3.63, 3.8) is 0 Å². The van der Waals surface area contributed by atoms with Crippen LogP contribution < -0.4 is 0 Å². The number of methoxy groups -OCH3 is 1. The van der Waals surface area contributed by atoms with Crippen molar-refractivity contribution >= 4 is 11.8 Å². The van der Waals surface area contributed by atoms with E-state index >= 15 is 0 Å². The summed E-state index contributed by atoms with van der Waals surface area (Å²) in [7, 11) is 1.56. The van der Waals surface area contributed by atoms with Gasteiger partial charge >= 0.3 is 0 Å². The van der Waals surface area contributed by atoms with Crippen molar-refractivity contribution in [1.29, 1.82) is 0 Å². The second-order valence-electron chi connectivity index (χ2n) is 8.36. The van der Waals surface area contributed by atoms with Gasteiger partial charge in [0.05, 0.1) is 19.7 Å². The fourth-order valence-corrected chi connectivity index (χ4v) is 2.99. The molecule has 0 saturated heterocycles. The molecule has 1 aromatic heterocycles. The van der Waals surface area contributed by atoms with Gasteiger partial charge in [-0.05, 0) is 36.8 Å². The Hall–Kier alpha value is -2.67. The van der Waals surface area contributed by atoms with Crippen LogP contribution in [0.2, 0.25) is 0 Å². The molecule has 0 fully saturated rings. The standard InChI is InChI=1S/C23H31FN2O4/c1-17-6-11-20(30-17)15-26(14-18-7-9-19(24)10-8-18)21(27)16-25(12-13-29-5)22(28)23(2,3)4/h6-11H,12-16H2,1-5H3. The third-order valence-electron chi connectivity index (χ3n) is 4.60. The summed E-state index contributed by atoms with van der Waals surface area (Å²) >= 11 is 0. The van der Waals surface area contributed by atoms with Crippen LogP contribution in [0.1, 0.15) is 37.9 Å². The number of furan rings is 1. The molecular formula is C23H31FN2O4. The Morgan fingerprint density at radius 3 is 2.23 bits per heavy atom. The van der Waals surface area contributed by atoms with Gasteiger partial charge in [0.2, 0.25) is 11.8 Å². The first kappa shape index (κ1) is 23.6. The largest absolute Gasteiger partial charge is 0.464 e. The van der Waals surface area contributed by atoms with Crippen LogP contribution in [0.3, 0.4) is 0 Å². The fraction of sp³-hybridized carbons (Fsp3) is 0.478. The topological polar surface area (TPSA) is 63.0 Å². The number of rotatable bonds is 9. The van der Waals surface area contributed by atoms with Gasteiger partial charge in [-0.25, -0.2) is 4.39 Å². The molecule has 0 aliphatic carbocycles. The first-order valence-corrected chi connectivity index (χ1v) is 9.96. The van der Waals surface area contributed by atoms with Crippen molar-refractivity contribution in [1.82, 2.24) is 9.80 Å². The number of carbonyl (C=O) groups is 2. The van der Waals surface area contributed by atoms with Crippen molar-refractivity contribution in [3.05, 3.63) is 59.3 Å². The van der Waals surface area contributed by atoms with Gasteiger partial charge in [-0.1, -0.05) is 32.9 Å². The molecule has 0 atom stereocenters. The van der Waals surface area contributed by atoms with E-state index in [1.54, 1.807) is 24.1 Å². The minimum absolute atomic E-state index is 0.0691. The first-order chi connectivity index (χ1) is 14.1. The molecule has 30 heavy (non-hydrogen) atoms. The van der Waals surface area contributed by atoms with E-state index in [1.165, 1.54) is 17.0 Å². The molecule has 0 aliphatic rings. The normalized spacial score (nSPS) is 11.4. The molecule has 0 unspecified atom stereocenters. The van der Waals surface area contributed by atoms with Crippen LogP contribution in [0, 0.1) is 18.2 Å². The second kappa shape index (κ2) is 10.4. The molecule has 1 heterocycles. The minimum atomic E-state index is -0.617. The summed E-state index contributed by atoms with van der Waals surface area (Å²) in [6.45, 7) is 8.43. The predicted molar refractivity (Wildman–Crippen MR) is 112 cm³/mol. The number of halogens is 1. The molecular weight excluding hydrogens is 387 g/mol. The van der Waals surface area contributed by atoms with E-state index in [0.29, 0.717) is 18.9 Å². The summed E-state index contributed by atoms with van der Waals surface area (Å²) < 4.78 is 24.0. The number of carbonyl (C=O) groups excluding carboxylic acids is 2. The van der Waals surface area contributed by atoms with Crippen LogP contribution in [0.4, 0.5) is 4.39 Å². The summed E-state index contributed by atoms with van der Waals surface area (Å²) in [6.07, 6.45) is 0. The van der Waals surface area contributed by atoms with E-state index in [0.717, 1.165) is 11.3 Å². The van der Waals surface area contributed by atoms with E-state index in [2.05, 4.69) is 0 Å². The van der Waals surface area contributed by atoms with Crippen molar-refractivity contribution < 1.29 is 23.1 Å². The van der Waals surface area contributed by atoms with Gasteiger partial charge in [-0.3, -0.25) is 9.59 Å². The number of aryl methyl sites for hydroxylation is 1. The van der Waals surface area contributed by atoms with Crippen LogP contribution >= 0.6 is 0 Å². The zero-order valence-electron chi connectivity index (χ0n) is 18.4. The Morgan fingerprint density at radius 2 is 1.70 bits per heavy atom. The van der Waals surface area contributed by atoms with Gasteiger partial charge in [0, 0.05) is 25.6 Å². The lowest BCUT2D eigenvalue weighted by Crippen LogP contribution is -2.47. The molecule has 2 amide bonds. The highest BCUT2D eigenvalue weighted by molar-refractivity contribution is 5.87. The third-order valence-corrected chi connectivity index (χ3v) is 4.60. The Bertz CT molecular complexity index is 840. The van der Waals surface area contributed by atoms with Crippen molar-refractivity contribution in [2.45, 2.75) is 40.8 Å². The number of hydrogen-bond donors (Lipinski definition) is 0. The summed E-state index contributed by atoms with van der Waals surface area (Å²) in [5.41, 5.74) is 0.173. The predicted octanol–water partition coefficient (Wildman–Crippen LogP) is 3.78. The van der Waals surface area contributed by atoms with Crippen LogP contribution in [-0.2, 0) is 27.4 Å². The zero-order valence-corrected chi connectivity index (χ0v) is 18.4. The fourth-order valence-electron chi connectivity index (χ4n) is 2.99. The zero-order chi connectivity index (χ0) is 22.3. The number of nitrogens with zero attached hydrogens (tertiary/aromatic N) is 2. The SMILES string of the molecule is COCCN(CC(=O)N(Cc1ccc(F)cc1)Cc1ccc(C)o1)C(=O)C(C)(C)C. The van der Waals surface area contributed by atoms with E-state index < -0.39 is 5.41 Å². The van der Waals surface area contributed by atoms with Crippen molar-refractivity contribution in [2.24, 2.45) is 5.41 Å². The molecule has 2 rings (SSSR count). The minimum Gasteiger partial charge on any atom is -0.464 e. The van der Waals surface area contributed by atoms with E-state index in [4.69, 9.17) is 9.15 Å². The molecule has 0 saturated carbocycles. The van der Waals surface area contributed by atoms with Crippen LogP contribution in [0.5, 0.6) is 0 Å². The molecule has 0 radical (unpaired) electrons. The number of ether oxygens (including phenoxy) is 1. The van der Waals surface area contributed by atoms with Crippen molar-refractivity contribution in [3.8, 4) is 0 Å². The summed E-state index contributed by atoms with van der Waals surface area (Å²) in [5.74, 6) is 0.725. The second-order valence-corrected chi connectivity index (χ2v) is 8.36. The maximum atomic E-state index is 13.3. The molecule has 1 aromatic carbocycles. The van der Waals surface area contributed by atoms with E-state index in [9.17, 15) is 14.0 Å². The molecule has 0 bridgehead atoms. The Kier molecular flexibility index (Phi) is 8.17. The Labute approximate surface area is 177 Å². The van der Waals surface area contributed by atoms with Crippen LogP contribution in [0.15, 0.2) is 40.8 Å².